The van der Waals surface area contributed by atoms with Crippen LogP contribution >= 0.6 is 0 Å². The maximum atomic E-state index is 10.8. The topological polar surface area (TPSA) is 40.5 Å². The minimum absolute atomic E-state index is 0.227. The summed E-state index contributed by atoms with van der Waals surface area (Å²) >= 11 is 0. The highest BCUT2D eigenvalue weighted by atomic mass is 16.3. The number of benzene rings is 2. The van der Waals surface area contributed by atoms with E-state index in [-0.39, 0.29) is 17.1 Å². The quantitative estimate of drug-likeness (QED) is 0.887. The van der Waals surface area contributed by atoms with Crippen molar-refractivity contribution in [3.05, 3.63) is 65.7 Å². The molecule has 0 aromatic heterocycles. The van der Waals surface area contributed by atoms with Crippen molar-refractivity contribution in [1.29, 1.82) is 0 Å². The van der Waals surface area contributed by atoms with Crippen LogP contribution in [0.1, 0.15) is 37.8 Å². The van der Waals surface area contributed by atoms with Crippen molar-refractivity contribution >= 4 is 0 Å². The van der Waals surface area contributed by atoms with Crippen molar-refractivity contribution in [3.8, 4) is 5.75 Å². The Morgan fingerprint density at radius 1 is 0.850 bits per heavy atom. The van der Waals surface area contributed by atoms with E-state index < -0.39 is 6.10 Å². The Balaban J connectivity index is 2.54. The van der Waals surface area contributed by atoms with Gasteiger partial charge in [0, 0.05) is 11.5 Å². The Bertz CT molecular complexity index is 555. The van der Waals surface area contributed by atoms with Gasteiger partial charge in [0.1, 0.15) is 5.75 Å². The Morgan fingerprint density at radius 3 is 1.95 bits per heavy atom. The molecule has 2 aromatic carbocycles. The highest BCUT2D eigenvalue weighted by molar-refractivity contribution is 5.42. The molecule has 0 saturated heterocycles. The largest absolute Gasteiger partial charge is 0.508 e. The van der Waals surface area contributed by atoms with Gasteiger partial charge in [-0.15, -0.1) is 0 Å². The minimum atomic E-state index is -0.585. The zero-order valence-electron chi connectivity index (χ0n) is 12.2. The third-order valence-corrected chi connectivity index (χ3v) is 3.63. The average Bonchev–Trinajstić information content (AvgIpc) is 2.41. The van der Waals surface area contributed by atoms with Gasteiger partial charge in [0.2, 0.25) is 0 Å². The molecular formula is C18H22O2. The maximum Gasteiger partial charge on any atom is 0.119 e. The molecule has 0 aliphatic heterocycles. The number of aromatic hydroxyl groups is 1. The van der Waals surface area contributed by atoms with Crippen LogP contribution in [-0.2, 0) is 0 Å². The predicted molar refractivity (Wildman–Crippen MR) is 81.9 cm³/mol. The minimum Gasteiger partial charge on any atom is -0.508 e. The zero-order valence-corrected chi connectivity index (χ0v) is 12.2. The van der Waals surface area contributed by atoms with Crippen LogP contribution in [0.25, 0.3) is 0 Å². The van der Waals surface area contributed by atoms with Crippen LogP contribution in [0.5, 0.6) is 5.75 Å². The molecule has 2 aromatic rings. The van der Waals surface area contributed by atoms with Gasteiger partial charge in [-0.1, -0.05) is 69.3 Å². The molecule has 2 nitrogen and oxygen atoms in total. The van der Waals surface area contributed by atoms with Gasteiger partial charge in [0.15, 0.2) is 0 Å². The Labute approximate surface area is 120 Å². The molecule has 2 heteroatoms. The molecule has 0 unspecified atom stereocenters. The van der Waals surface area contributed by atoms with Crippen LogP contribution in [0.3, 0.4) is 0 Å². The Hall–Kier alpha value is -1.80. The van der Waals surface area contributed by atoms with E-state index >= 15 is 0 Å². The lowest BCUT2D eigenvalue weighted by Crippen LogP contribution is -2.33. The number of para-hydroxylation sites is 1. The first-order valence-electron chi connectivity index (χ1n) is 6.92. The lowest BCUT2D eigenvalue weighted by atomic mass is 9.75. The fourth-order valence-corrected chi connectivity index (χ4v) is 2.44. The van der Waals surface area contributed by atoms with Gasteiger partial charge in [-0.05, 0) is 17.0 Å². The standard InChI is InChI=1S/C18H22O2/c1-18(2,3)17(20)16(13-9-5-4-6-10-13)14-11-7-8-12-15(14)19/h4-12,16-17,19-20H,1-3H3/t16-,17-/m1/s1. The van der Waals surface area contributed by atoms with Crippen molar-refractivity contribution in [2.24, 2.45) is 5.41 Å². The number of aliphatic hydroxyl groups is 1. The van der Waals surface area contributed by atoms with Gasteiger partial charge in [0.25, 0.3) is 0 Å². The molecule has 20 heavy (non-hydrogen) atoms. The van der Waals surface area contributed by atoms with Crippen LogP contribution < -0.4 is 0 Å². The predicted octanol–water partition coefficient (Wildman–Crippen LogP) is 3.93. The second-order valence-corrected chi connectivity index (χ2v) is 6.26. The summed E-state index contributed by atoms with van der Waals surface area (Å²) < 4.78 is 0. The van der Waals surface area contributed by atoms with Crippen molar-refractivity contribution in [3.63, 3.8) is 0 Å². The molecule has 0 radical (unpaired) electrons. The van der Waals surface area contributed by atoms with E-state index in [0.717, 1.165) is 11.1 Å². The average molecular weight is 270 g/mol. The van der Waals surface area contributed by atoms with Gasteiger partial charge in [-0.3, -0.25) is 0 Å². The van der Waals surface area contributed by atoms with E-state index in [2.05, 4.69) is 0 Å². The first kappa shape index (κ1) is 14.6. The van der Waals surface area contributed by atoms with Crippen LogP contribution in [0.15, 0.2) is 54.6 Å². The van der Waals surface area contributed by atoms with E-state index in [1.165, 1.54) is 0 Å². The van der Waals surface area contributed by atoms with Crippen LogP contribution in [0, 0.1) is 5.41 Å². The molecule has 0 aliphatic carbocycles. The van der Waals surface area contributed by atoms with Gasteiger partial charge < -0.3 is 10.2 Å². The summed E-state index contributed by atoms with van der Waals surface area (Å²) in [6.07, 6.45) is -0.585. The van der Waals surface area contributed by atoms with Gasteiger partial charge in [-0.25, -0.2) is 0 Å². The molecule has 0 saturated carbocycles. The Morgan fingerprint density at radius 2 is 1.40 bits per heavy atom. The SMILES string of the molecule is CC(C)(C)[C@H](O)[C@H](c1ccccc1)c1ccccc1O. The van der Waals surface area contributed by atoms with Crippen molar-refractivity contribution in [2.45, 2.75) is 32.8 Å². The Kier molecular flexibility index (Phi) is 4.15. The maximum absolute atomic E-state index is 10.8. The van der Waals surface area contributed by atoms with Crippen LogP contribution in [0.2, 0.25) is 0 Å². The molecule has 0 fully saturated rings. The summed E-state index contributed by atoms with van der Waals surface area (Å²) in [5.41, 5.74) is 1.50. The summed E-state index contributed by atoms with van der Waals surface area (Å²) in [6, 6.07) is 17.1. The van der Waals surface area contributed by atoms with E-state index in [1.807, 2.05) is 63.2 Å². The van der Waals surface area contributed by atoms with E-state index in [9.17, 15) is 10.2 Å². The number of aliphatic hydroxyl groups excluding tert-OH is 1. The summed E-state index contributed by atoms with van der Waals surface area (Å²) in [5.74, 6) is -0.0120. The third-order valence-electron chi connectivity index (χ3n) is 3.63. The molecule has 0 bridgehead atoms. The summed E-state index contributed by atoms with van der Waals surface area (Å²) in [6.45, 7) is 6.02. The molecule has 0 spiro atoms. The van der Waals surface area contributed by atoms with Gasteiger partial charge >= 0.3 is 0 Å². The monoisotopic (exact) mass is 270 g/mol. The van der Waals surface area contributed by atoms with Crippen molar-refractivity contribution in [2.75, 3.05) is 0 Å². The smallest absolute Gasteiger partial charge is 0.119 e. The van der Waals surface area contributed by atoms with Gasteiger partial charge in [0.05, 0.1) is 6.10 Å². The molecule has 106 valence electrons. The first-order valence-corrected chi connectivity index (χ1v) is 6.92. The highest BCUT2D eigenvalue weighted by Gasteiger charge is 2.33. The molecule has 0 heterocycles. The van der Waals surface area contributed by atoms with E-state index in [1.54, 1.807) is 12.1 Å². The number of phenolic OH excluding ortho intramolecular Hbond substituents is 1. The lowest BCUT2D eigenvalue weighted by molar-refractivity contribution is 0.0484. The van der Waals surface area contributed by atoms with E-state index in [0.29, 0.717) is 0 Å². The summed E-state index contributed by atoms with van der Waals surface area (Å²) in [4.78, 5) is 0. The zero-order chi connectivity index (χ0) is 14.8. The number of rotatable bonds is 3. The van der Waals surface area contributed by atoms with Crippen molar-refractivity contribution < 1.29 is 10.2 Å². The summed E-state index contributed by atoms with van der Waals surface area (Å²) in [5, 5.41) is 20.9. The number of hydrogen-bond acceptors (Lipinski definition) is 2. The van der Waals surface area contributed by atoms with Crippen molar-refractivity contribution in [1.82, 2.24) is 0 Å². The number of hydrogen-bond donors (Lipinski definition) is 2. The number of phenols is 1. The lowest BCUT2D eigenvalue weighted by Gasteiger charge is -2.34. The fraction of sp³-hybridized carbons (Fsp3) is 0.333. The fourth-order valence-electron chi connectivity index (χ4n) is 2.44. The molecule has 0 aliphatic rings. The molecule has 0 amide bonds. The summed E-state index contributed by atoms with van der Waals surface area (Å²) in [7, 11) is 0. The van der Waals surface area contributed by atoms with E-state index in [4.69, 9.17) is 0 Å². The van der Waals surface area contributed by atoms with Gasteiger partial charge in [-0.2, -0.15) is 0 Å². The first-order chi connectivity index (χ1) is 9.41. The molecule has 2 N–H and O–H groups in total. The second kappa shape index (κ2) is 5.68. The molecule has 2 rings (SSSR count). The molecule has 2 atom stereocenters. The second-order valence-electron chi connectivity index (χ2n) is 6.26. The van der Waals surface area contributed by atoms with Crippen LogP contribution in [0.4, 0.5) is 0 Å². The molecular weight excluding hydrogens is 248 g/mol. The normalized spacial score (nSPS) is 14.8. The third kappa shape index (κ3) is 3.02. The van der Waals surface area contributed by atoms with Crippen LogP contribution in [-0.4, -0.2) is 16.3 Å². The highest BCUT2D eigenvalue weighted by Crippen LogP contribution is 2.39.